The van der Waals surface area contributed by atoms with Crippen LogP contribution in [-0.2, 0) is 14.4 Å². The second-order valence-electron chi connectivity index (χ2n) is 8.97. The molecule has 0 bridgehead atoms. The van der Waals surface area contributed by atoms with E-state index in [1.54, 1.807) is 0 Å². The molecular weight excluding hydrogens is 475 g/mol. The number of hydrogen-bond acceptors (Lipinski definition) is 7. The molecule has 3 heterocycles. The lowest BCUT2D eigenvalue weighted by Gasteiger charge is -2.25. The van der Waals surface area contributed by atoms with E-state index in [0.29, 0.717) is 6.42 Å². The zero-order valence-electron chi connectivity index (χ0n) is 19.5. The Labute approximate surface area is 211 Å². The molecule has 0 aromatic heterocycles. The van der Waals surface area contributed by atoms with Gasteiger partial charge >= 0.3 is 0 Å². The van der Waals surface area contributed by atoms with Gasteiger partial charge in [0.25, 0.3) is 17.7 Å². The number of imide groups is 1. The highest BCUT2D eigenvalue weighted by atomic mass is 19.1. The molecule has 0 radical (unpaired) electrons. The molecule has 184 valence electrons. The summed E-state index contributed by atoms with van der Waals surface area (Å²) in [5.74, 6) is -2.17. The fourth-order valence-corrected chi connectivity index (χ4v) is 4.91. The average molecular weight is 497 g/mol. The van der Waals surface area contributed by atoms with Crippen LogP contribution in [0.4, 0.5) is 10.1 Å². The summed E-state index contributed by atoms with van der Waals surface area (Å²) in [6, 6.07) is 22.0. The molecule has 3 aromatic carbocycles. The number of halogens is 1. The molecule has 0 N–H and O–H groups in total. The lowest BCUT2D eigenvalue weighted by Crippen LogP contribution is -2.44. The van der Waals surface area contributed by atoms with Gasteiger partial charge in [-0.15, -0.1) is 0 Å². The minimum absolute atomic E-state index is 0.117. The van der Waals surface area contributed by atoms with Crippen LogP contribution in [0.5, 0.6) is 0 Å². The van der Waals surface area contributed by atoms with E-state index in [9.17, 15) is 18.8 Å². The van der Waals surface area contributed by atoms with Gasteiger partial charge in [0.15, 0.2) is 12.1 Å². The van der Waals surface area contributed by atoms with Crippen molar-refractivity contribution in [2.24, 2.45) is 15.4 Å². The predicted molar refractivity (Wildman–Crippen MR) is 132 cm³/mol. The van der Waals surface area contributed by atoms with E-state index in [1.165, 1.54) is 28.2 Å². The first kappa shape index (κ1) is 22.7. The quantitative estimate of drug-likeness (QED) is 0.505. The molecule has 3 aliphatic rings. The maximum atomic E-state index is 13.8. The fourth-order valence-electron chi connectivity index (χ4n) is 4.91. The Hall–Kier alpha value is -4.73. The third-order valence-electron chi connectivity index (χ3n) is 6.68. The summed E-state index contributed by atoms with van der Waals surface area (Å²) in [6.45, 7) is -0.296. The molecule has 0 unspecified atom stereocenters. The Kier molecular flexibility index (Phi) is 5.56. The molecule has 0 saturated carbocycles. The number of fused-ring (bicyclic) bond motifs is 1. The van der Waals surface area contributed by atoms with Crippen molar-refractivity contribution in [1.29, 1.82) is 0 Å². The van der Waals surface area contributed by atoms with Crippen LogP contribution < -0.4 is 4.90 Å². The number of hydrogen-bond donors (Lipinski definition) is 0. The van der Waals surface area contributed by atoms with Crippen molar-refractivity contribution < 1.29 is 18.8 Å². The van der Waals surface area contributed by atoms with Crippen LogP contribution in [0.2, 0.25) is 0 Å². The molecule has 3 aromatic rings. The van der Waals surface area contributed by atoms with Crippen molar-refractivity contribution >= 4 is 29.1 Å². The number of hydrazone groups is 1. The third kappa shape index (κ3) is 3.96. The zero-order valence-corrected chi connectivity index (χ0v) is 19.5. The van der Waals surface area contributed by atoms with Gasteiger partial charge in [0, 0.05) is 6.42 Å². The number of benzene rings is 3. The van der Waals surface area contributed by atoms with Crippen molar-refractivity contribution in [2.75, 3.05) is 11.4 Å². The standard InChI is InChI=1S/C27H21FN6O3/c28-19-12-7-13-20(14-19)33-26(36)24-25(27(33)37)32(31-29-24)16-23(35)34-22(18-10-5-2-6-11-18)15-21(30-34)17-8-3-1-4-9-17/h1-14,22,24-25H,15-16H2/t22-,24-,25+/m0/s1. The summed E-state index contributed by atoms with van der Waals surface area (Å²) in [6.07, 6.45) is 0.526. The topological polar surface area (TPSA) is 98.0 Å². The van der Waals surface area contributed by atoms with E-state index in [4.69, 9.17) is 0 Å². The van der Waals surface area contributed by atoms with Crippen LogP contribution in [-0.4, -0.2) is 52.1 Å². The number of nitrogens with zero attached hydrogens (tertiary/aromatic N) is 6. The molecule has 1 saturated heterocycles. The smallest absolute Gasteiger partial charge is 0.264 e. The summed E-state index contributed by atoms with van der Waals surface area (Å²) in [5.41, 5.74) is 2.73. The van der Waals surface area contributed by atoms with Gasteiger partial charge in [-0.05, 0) is 29.3 Å². The molecular formula is C27H21FN6O3. The maximum absolute atomic E-state index is 13.8. The highest BCUT2D eigenvalue weighted by Crippen LogP contribution is 2.35. The lowest BCUT2D eigenvalue weighted by molar-refractivity contribution is -0.135. The van der Waals surface area contributed by atoms with Gasteiger partial charge in [-0.25, -0.2) is 14.3 Å². The van der Waals surface area contributed by atoms with Crippen LogP contribution >= 0.6 is 0 Å². The van der Waals surface area contributed by atoms with E-state index in [1.807, 2.05) is 60.7 Å². The third-order valence-corrected chi connectivity index (χ3v) is 6.68. The Balaban J connectivity index is 1.26. The van der Waals surface area contributed by atoms with Gasteiger partial charge in [-0.1, -0.05) is 72.0 Å². The van der Waals surface area contributed by atoms with Crippen LogP contribution in [0.3, 0.4) is 0 Å². The molecule has 3 aliphatic heterocycles. The fraction of sp³-hybridized carbons (Fsp3) is 0.185. The van der Waals surface area contributed by atoms with Gasteiger partial charge < -0.3 is 0 Å². The molecule has 3 amide bonds. The van der Waals surface area contributed by atoms with Crippen molar-refractivity contribution in [2.45, 2.75) is 24.5 Å². The van der Waals surface area contributed by atoms with Crippen molar-refractivity contribution in [1.82, 2.24) is 10.0 Å². The number of anilines is 1. The largest absolute Gasteiger partial charge is 0.271 e. The highest BCUT2D eigenvalue weighted by Gasteiger charge is 2.55. The molecule has 0 spiro atoms. The summed E-state index contributed by atoms with van der Waals surface area (Å²) in [5, 5.41) is 15.2. The number of rotatable bonds is 5. The number of carbonyl (C=O) groups excluding carboxylic acids is 3. The number of carbonyl (C=O) groups is 3. The van der Waals surface area contributed by atoms with E-state index >= 15 is 0 Å². The van der Waals surface area contributed by atoms with Gasteiger partial charge in [0.2, 0.25) is 0 Å². The van der Waals surface area contributed by atoms with E-state index in [0.717, 1.165) is 27.8 Å². The first-order valence-corrected chi connectivity index (χ1v) is 11.8. The zero-order chi connectivity index (χ0) is 25.5. The Morgan fingerprint density at radius 3 is 2.38 bits per heavy atom. The minimum Gasteiger partial charge on any atom is -0.271 e. The van der Waals surface area contributed by atoms with E-state index in [2.05, 4.69) is 15.4 Å². The van der Waals surface area contributed by atoms with Gasteiger partial charge in [0.1, 0.15) is 12.4 Å². The summed E-state index contributed by atoms with van der Waals surface area (Å²) in [7, 11) is 0. The van der Waals surface area contributed by atoms with Crippen LogP contribution in [0.25, 0.3) is 0 Å². The molecule has 9 nitrogen and oxygen atoms in total. The molecule has 6 rings (SSSR count). The predicted octanol–water partition coefficient (Wildman–Crippen LogP) is 3.50. The average Bonchev–Trinajstić information content (AvgIpc) is 3.61. The summed E-state index contributed by atoms with van der Waals surface area (Å²) < 4.78 is 13.8. The Morgan fingerprint density at radius 1 is 0.919 bits per heavy atom. The van der Waals surface area contributed by atoms with Crippen molar-refractivity contribution in [3.8, 4) is 0 Å². The van der Waals surface area contributed by atoms with Gasteiger partial charge in [-0.2, -0.15) is 10.2 Å². The van der Waals surface area contributed by atoms with E-state index in [-0.39, 0.29) is 24.2 Å². The first-order chi connectivity index (χ1) is 18.0. The Morgan fingerprint density at radius 2 is 1.65 bits per heavy atom. The maximum Gasteiger partial charge on any atom is 0.264 e. The summed E-state index contributed by atoms with van der Waals surface area (Å²) in [4.78, 5) is 40.6. The SMILES string of the molecule is O=C1[C@H]2N=NN(CC(=O)N3N=C(c4ccccc4)C[C@H]3c3ccccc3)[C@H]2C(=O)N1c1cccc(F)c1. The van der Waals surface area contributed by atoms with Crippen molar-refractivity contribution in [3.05, 3.63) is 102 Å². The van der Waals surface area contributed by atoms with Crippen LogP contribution in [0.1, 0.15) is 23.6 Å². The molecule has 0 aliphatic carbocycles. The lowest BCUT2D eigenvalue weighted by atomic mass is 9.98. The molecule has 1 fully saturated rings. The number of amides is 3. The normalized spacial score (nSPS) is 22.6. The molecule has 37 heavy (non-hydrogen) atoms. The minimum atomic E-state index is -1.09. The summed E-state index contributed by atoms with van der Waals surface area (Å²) >= 11 is 0. The van der Waals surface area contributed by atoms with E-state index < -0.39 is 29.7 Å². The van der Waals surface area contributed by atoms with Gasteiger partial charge in [0.05, 0.1) is 17.4 Å². The highest BCUT2D eigenvalue weighted by molar-refractivity contribution is 6.25. The van der Waals surface area contributed by atoms with Crippen LogP contribution in [0, 0.1) is 5.82 Å². The second-order valence-corrected chi connectivity index (χ2v) is 8.97. The van der Waals surface area contributed by atoms with Gasteiger partial charge in [-0.3, -0.25) is 19.4 Å². The molecule has 3 atom stereocenters. The Bertz CT molecular complexity index is 1440. The monoisotopic (exact) mass is 496 g/mol. The van der Waals surface area contributed by atoms with Crippen molar-refractivity contribution in [3.63, 3.8) is 0 Å². The first-order valence-electron chi connectivity index (χ1n) is 11.8. The molecule has 10 heteroatoms. The van der Waals surface area contributed by atoms with Crippen LogP contribution in [0.15, 0.2) is 100 Å². The second kappa shape index (κ2) is 9.05.